The molecule has 0 fully saturated rings. The summed E-state index contributed by atoms with van der Waals surface area (Å²) in [6, 6.07) is 14.6. The highest BCUT2D eigenvalue weighted by molar-refractivity contribution is 5.94. The molecule has 3 aromatic rings. The van der Waals surface area contributed by atoms with E-state index in [-0.39, 0.29) is 0 Å². The first kappa shape index (κ1) is 20.6. The molecule has 0 bridgehead atoms. The van der Waals surface area contributed by atoms with Crippen molar-refractivity contribution < 1.29 is 4.57 Å². The number of fused-ring (bicyclic) bond motifs is 6. The molecular formula is C31H33N2+. The lowest BCUT2D eigenvalue weighted by Gasteiger charge is -2.26. The quantitative estimate of drug-likeness (QED) is 0.240. The molecule has 0 spiro atoms. The van der Waals surface area contributed by atoms with E-state index in [1.54, 1.807) is 5.57 Å². The number of allylic oxidation sites excluding steroid dienone is 3. The standard InChI is InChI=1S/C31H33N2/c1-20-14-15-33-30(16-20)28-18-27-25(13-10-23-6-4-5-7-26(23)27)17-29(28)31(33)24-11-8-22(9-12-24)21(2)19-32-3/h4,6,10-11,13-19,21-22,31H,5,7-9,12H2,1-3H3/q+1/b32-19+/t21-,22?,31+/m0/s1. The molecular weight excluding hydrogens is 400 g/mol. The minimum atomic E-state index is 0.326. The Morgan fingerprint density at radius 2 is 2.03 bits per heavy atom. The summed E-state index contributed by atoms with van der Waals surface area (Å²) < 4.78 is 2.53. The summed E-state index contributed by atoms with van der Waals surface area (Å²) in [6.45, 7) is 4.53. The number of nitrogens with zero attached hydrogens (tertiary/aromatic N) is 2. The Hall–Kier alpha value is -3.00. The van der Waals surface area contributed by atoms with Gasteiger partial charge in [-0.05, 0) is 96.0 Å². The fourth-order valence-electron chi connectivity index (χ4n) is 6.33. The maximum Gasteiger partial charge on any atom is 0.214 e. The predicted octanol–water partition coefficient (Wildman–Crippen LogP) is 7.03. The van der Waals surface area contributed by atoms with Gasteiger partial charge in [0.2, 0.25) is 11.7 Å². The number of benzene rings is 2. The molecule has 166 valence electrons. The molecule has 0 radical (unpaired) electrons. The molecule has 2 heteroatoms. The van der Waals surface area contributed by atoms with Crippen LogP contribution in [-0.2, 0) is 6.42 Å². The maximum atomic E-state index is 4.28. The normalized spacial score (nSPS) is 22.2. The van der Waals surface area contributed by atoms with Gasteiger partial charge in [0, 0.05) is 31.0 Å². The van der Waals surface area contributed by atoms with E-state index in [9.17, 15) is 0 Å². The van der Waals surface area contributed by atoms with Crippen LogP contribution in [0.3, 0.4) is 0 Å². The number of pyridine rings is 1. The first-order valence-electron chi connectivity index (χ1n) is 12.5. The lowest BCUT2D eigenvalue weighted by atomic mass is 9.79. The summed E-state index contributed by atoms with van der Waals surface area (Å²) in [5.41, 5.74) is 10.1. The van der Waals surface area contributed by atoms with Gasteiger partial charge in [-0.15, -0.1) is 0 Å². The van der Waals surface area contributed by atoms with Crippen LogP contribution in [0.2, 0.25) is 0 Å². The van der Waals surface area contributed by atoms with Gasteiger partial charge in [0.25, 0.3) is 0 Å². The van der Waals surface area contributed by atoms with E-state index in [1.165, 1.54) is 57.1 Å². The zero-order valence-corrected chi connectivity index (χ0v) is 20.0. The Morgan fingerprint density at radius 3 is 2.85 bits per heavy atom. The van der Waals surface area contributed by atoms with Gasteiger partial charge < -0.3 is 4.99 Å². The Kier molecular flexibility index (Phi) is 5.05. The van der Waals surface area contributed by atoms with Crippen molar-refractivity contribution in [2.24, 2.45) is 16.8 Å². The summed E-state index contributed by atoms with van der Waals surface area (Å²) >= 11 is 0. The zero-order valence-electron chi connectivity index (χ0n) is 20.0. The van der Waals surface area contributed by atoms with Gasteiger partial charge in [0.1, 0.15) is 0 Å². The number of aliphatic imine (C=N–C) groups is 1. The molecule has 33 heavy (non-hydrogen) atoms. The first-order valence-corrected chi connectivity index (χ1v) is 12.5. The summed E-state index contributed by atoms with van der Waals surface area (Å²) in [5, 5.41) is 2.83. The van der Waals surface area contributed by atoms with Gasteiger partial charge in [-0.2, -0.15) is 4.57 Å². The molecule has 2 nitrogen and oxygen atoms in total. The van der Waals surface area contributed by atoms with Crippen LogP contribution in [-0.4, -0.2) is 13.3 Å². The average Bonchev–Trinajstić information content (AvgIpc) is 3.15. The smallest absolute Gasteiger partial charge is 0.214 e. The molecule has 3 aliphatic rings. The van der Waals surface area contributed by atoms with Gasteiger partial charge >= 0.3 is 0 Å². The average molecular weight is 434 g/mol. The van der Waals surface area contributed by atoms with E-state index in [2.05, 4.69) is 90.4 Å². The van der Waals surface area contributed by atoms with Crippen LogP contribution in [0.15, 0.2) is 65.3 Å². The Balaban J connectivity index is 1.48. The molecule has 1 aromatic heterocycles. The fourth-order valence-corrected chi connectivity index (χ4v) is 6.33. The van der Waals surface area contributed by atoms with Crippen LogP contribution in [0.5, 0.6) is 0 Å². The second-order valence-corrected chi connectivity index (χ2v) is 10.2. The topological polar surface area (TPSA) is 16.2 Å². The van der Waals surface area contributed by atoms with Gasteiger partial charge in [-0.25, -0.2) is 0 Å². The van der Waals surface area contributed by atoms with Crippen molar-refractivity contribution in [2.45, 2.75) is 52.0 Å². The van der Waals surface area contributed by atoms with E-state index in [0.29, 0.717) is 17.9 Å². The third-order valence-corrected chi connectivity index (χ3v) is 8.15. The van der Waals surface area contributed by atoms with Crippen LogP contribution < -0.4 is 4.57 Å². The van der Waals surface area contributed by atoms with Crippen molar-refractivity contribution in [3.8, 4) is 11.3 Å². The van der Waals surface area contributed by atoms with Crippen molar-refractivity contribution in [2.75, 3.05) is 7.05 Å². The molecule has 1 aliphatic heterocycles. The third kappa shape index (κ3) is 3.39. The maximum absolute atomic E-state index is 4.28. The minimum Gasteiger partial charge on any atom is -0.301 e. The Bertz CT molecular complexity index is 1340. The van der Waals surface area contributed by atoms with Crippen LogP contribution in [0, 0.1) is 18.8 Å². The van der Waals surface area contributed by atoms with Gasteiger partial charge in [-0.3, -0.25) is 0 Å². The van der Waals surface area contributed by atoms with E-state index in [1.807, 2.05) is 7.05 Å². The van der Waals surface area contributed by atoms with E-state index >= 15 is 0 Å². The van der Waals surface area contributed by atoms with Crippen LogP contribution in [0.4, 0.5) is 0 Å². The summed E-state index contributed by atoms with van der Waals surface area (Å²) in [6.07, 6.45) is 17.5. The molecule has 3 atom stereocenters. The Morgan fingerprint density at radius 1 is 1.12 bits per heavy atom. The molecule has 6 rings (SSSR count). The van der Waals surface area contributed by atoms with E-state index < -0.39 is 0 Å². The largest absolute Gasteiger partial charge is 0.301 e. The summed E-state index contributed by atoms with van der Waals surface area (Å²) in [4.78, 5) is 4.28. The van der Waals surface area contributed by atoms with Crippen molar-refractivity contribution in [3.05, 3.63) is 82.6 Å². The van der Waals surface area contributed by atoms with Crippen molar-refractivity contribution in [3.63, 3.8) is 0 Å². The minimum absolute atomic E-state index is 0.326. The van der Waals surface area contributed by atoms with Crippen molar-refractivity contribution in [1.82, 2.24) is 0 Å². The molecule has 0 amide bonds. The van der Waals surface area contributed by atoms with Crippen molar-refractivity contribution >= 4 is 23.1 Å². The van der Waals surface area contributed by atoms with Crippen molar-refractivity contribution in [1.29, 1.82) is 0 Å². The lowest BCUT2D eigenvalue weighted by molar-refractivity contribution is -0.689. The fraction of sp³-hybridized carbons (Fsp3) is 0.355. The molecule has 2 aromatic carbocycles. The van der Waals surface area contributed by atoms with Gasteiger partial charge in [0.05, 0.1) is 5.56 Å². The highest BCUT2D eigenvalue weighted by Gasteiger charge is 2.40. The second-order valence-electron chi connectivity index (χ2n) is 10.2. The van der Waals surface area contributed by atoms with E-state index in [4.69, 9.17) is 0 Å². The third-order valence-electron chi connectivity index (χ3n) is 8.15. The van der Waals surface area contributed by atoms with Crippen LogP contribution in [0.1, 0.15) is 60.9 Å². The number of aromatic nitrogens is 1. The predicted molar refractivity (Wildman–Crippen MR) is 139 cm³/mol. The molecule has 0 N–H and O–H groups in total. The lowest BCUT2D eigenvalue weighted by Crippen LogP contribution is -2.39. The zero-order chi connectivity index (χ0) is 22.5. The molecule has 2 heterocycles. The molecule has 1 unspecified atom stereocenters. The SMILES string of the molecule is C/N=C/[C@H](C)C1CC=C([C@@H]2c3cc4ccc5c(c4cc3-c3cc(C)cc[n+]32)CCC=C5)CC1. The molecule has 0 saturated carbocycles. The van der Waals surface area contributed by atoms with Crippen LogP contribution in [0.25, 0.3) is 28.1 Å². The van der Waals surface area contributed by atoms with Gasteiger partial charge in [0.15, 0.2) is 6.20 Å². The van der Waals surface area contributed by atoms with Gasteiger partial charge in [-0.1, -0.05) is 37.3 Å². The Labute approximate surface area is 197 Å². The molecule has 2 aliphatic carbocycles. The summed E-state index contributed by atoms with van der Waals surface area (Å²) in [7, 11) is 1.89. The van der Waals surface area contributed by atoms with E-state index in [0.717, 1.165) is 19.3 Å². The number of hydrogen-bond acceptors (Lipinski definition) is 1. The summed E-state index contributed by atoms with van der Waals surface area (Å²) in [5.74, 6) is 1.26. The molecule has 0 saturated heterocycles. The number of hydrogen-bond donors (Lipinski definition) is 0. The highest BCUT2D eigenvalue weighted by Crippen LogP contribution is 2.44. The second kappa shape index (κ2) is 8.09. The number of aryl methyl sites for hydroxylation is 2. The highest BCUT2D eigenvalue weighted by atomic mass is 15.0. The number of rotatable bonds is 3. The van der Waals surface area contributed by atoms with Crippen LogP contribution >= 0.6 is 0 Å². The first-order chi connectivity index (χ1) is 16.1. The monoisotopic (exact) mass is 433 g/mol.